The molecule has 132 valence electrons. The fourth-order valence-electron chi connectivity index (χ4n) is 3.31. The van der Waals surface area contributed by atoms with Gasteiger partial charge in [0.05, 0.1) is 12.6 Å². The van der Waals surface area contributed by atoms with E-state index >= 15 is 0 Å². The van der Waals surface area contributed by atoms with Crippen LogP contribution in [0.15, 0.2) is 24.3 Å². The van der Waals surface area contributed by atoms with Gasteiger partial charge in [-0.15, -0.1) is 0 Å². The molecular formula is C18H26FN3O2. The number of benzene rings is 1. The van der Waals surface area contributed by atoms with E-state index < -0.39 is 0 Å². The summed E-state index contributed by atoms with van der Waals surface area (Å²) in [6, 6.07) is 6.16. The van der Waals surface area contributed by atoms with E-state index in [0.29, 0.717) is 19.5 Å². The van der Waals surface area contributed by atoms with E-state index in [4.69, 9.17) is 0 Å². The van der Waals surface area contributed by atoms with Crippen molar-refractivity contribution in [1.82, 2.24) is 15.1 Å². The first kappa shape index (κ1) is 18.4. The third-order valence-electron chi connectivity index (χ3n) is 4.32. The van der Waals surface area contributed by atoms with E-state index in [9.17, 15) is 14.0 Å². The topological polar surface area (TPSA) is 52.7 Å². The molecule has 2 amide bonds. The average molecular weight is 335 g/mol. The van der Waals surface area contributed by atoms with Crippen molar-refractivity contribution in [3.8, 4) is 0 Å². The van der Waals surface area contributed by atoms with Gasteiger partial charge in [-0.2, -0.15) is 0 Å². The highest BCUT2D eigenvalue weighted by molar-refractivity contribution is 5.79. The van der Waals surface area contributed by atoms with Gasteiger partial charge < -0.3 is 15.1 Å². The number of carbonyl (C=O) groups excluding carboxylic acids is 2. The van der Waals surface area contributed by atoms with Gasteiger partial charge in [0.25, 0.3) is 0 Å². The quantitative estimate of drug-likeness (QED) is 0.886. The van der Waals surface area contributed by atoms with Gasteiger partial charge in [-0.25, -0.2) is 4.39 Å². The number of likely N-dealkylation sites (tertiary alicyclic amines) is 1. The normalized spacial score (nSPS) is 21.0. The molecule has 1 aromatic rings. The van der Waals surface area contributed by atoms with Gasteiger partial charge in [-0.3, -0.25) is 9.59 Å². The number of hydrogen-bond donors (Lipinski definition) is 1. The van der Waals surface area contributed by atoms with Crippen LogP contribution >= 0.6 is 0 Å². The van der Waals surface area contributed by atoms with Crippen LogP contribution in [0.3, 0.4) is 0 Å². The predicted molar refractivity (Wildman–Crippen MR) is 91.0 cm³/mol. The predicted octanol–water partition coefficient (Wildman–Crippen LogP) is 1.43. The van der Waals surface area contributed by atoms with Crippen molar-refractivity contribution >= 4 is 11.8 Å². The summed E-state index contributed by atoms with van der Waals surface area (Å²) >= 11 is 0. The number of hydrogen-bond acceptors (Lipinski definition) is 3. The lowest BCUT2D eigenvalue weighted by atomic mass is 9.90. The summed E-state index contributed by atoms with van der Waals surface area (Å²) in [5.74, 6) is -0.353. The monoisotopic (exact) mass is 335 g/mol. The van der Waals surface area contributed by atoms with Crippen LogP contribution in [0.25, 0.3) is 0 Å². The van der Waals surface area contributed by atoms with E-state index in [2.05, 4.69) is 5.32 Å². The van der Waals surface area contributed by atoms with Crippen LogP contribution in [0.4, 0.5) is 4.39 Å². The number of halogens is 1. The summed E-state index contributed by atoms with van der Waals surface area (Å²) in [7, 11) is 3.68. The Hall–Kier alpha value is -1.95. The molecule has 1 N–H and O–H groups in total. The van der Waals surface area contributed by atoms with E-state index in [1.54, 1.807) is 17.9 Å². The highest BCUT2D eigenvalue weighted by Crippen LogP contribution is 2.22. The lowest BCUT2D eigenvalue weighted by Crippen LogP contribution is -2.58. The Bertz CT molecular complexity index is 591. The lowest BCUT2D eigenvalue weighted by Gasteiger charge is -2.41. The molecule has 0 aromatic heterocycles. The molecule has 1 aromatic carbocycles. The van der Waals surface area contributed by atoms with Crippen molar-refractivity contribution in [2.24, 2.45) is 0 Å². The number of piperidine rings is 1. The summed E-state index contributed by atoms with van der Waals surface area (Å²) in [5.41, 5.74) is 0.833. The van der Waals surface area contributed by atoms with Crippen LogP contribution in [0.1, 0.15) is 25.3 Å². The molecular weight excluding hydrogens is 309 g/mol. The van der Waals surface area contributed by atoms with Crippen molar-refractivity contribution in [3.63, 3.8) is 0 Å². The molecule has 1 saturated heterocycles. The van der Waals surface area contributed by atoms with Crippen LogP contribution in [0.5, 0.6) is 0 Å². The lowest BCUT2D eigenvalue weighted by molar-refractivity contribution is -0.135. The molecule has 2 atom stereocenters. The summed E-state index contributed by atoms with van der Waals surface area (Å²) < 4.78 is 13.5. The van der Waals surface area contributed by atoms with Gasteiger partial charge in [0.1, 0.15) is 5.82 Å². The number of likely N-dealkylation sites (N-methyl/N-ethyl adjacent to an activating group) is 1. The highest BCUT2D eigenvalue weighted by Gasteiger charge is 2.33. The zero-order valence-electron chi connectivity index (χ0n) is 14.6. The highest BCUT2D eigenvalue weighted by atomic mass is 19.1. The van der Waals surface area contributed by atoms with Crippen molar-refractivity contribution in [3.05, 3.63) is 35.6 Å². The molecule has 0 aliphatic carbocycles. The molecule has 24 heavy (non-hydrogen) atoms. The summed E-state index contributed by atoms with van der Waals surface area (Å²) in [4.78, 5) is 27.7. The maximum Gasteiger partial charge on any atom is 0.234 e. The van der Waals surface area contributed by atoms with Crippen LogP contribution in [-0.4, -0.2) is 60.9 Å². The molecule has 5 nitrogen and oxygen atoms in total. The van der Waals surface area contributed by atoms with Crippen LogP contribution in [-0.2, 0) is 16.0 Å². The summed E-state index contributed by atoms with van der Waals surface area (Å²) in [6.45, 7) is 2.53. The maximum atomic E-state index is 13.5. The van der Waals surface area contributed by atoms with Gasteiger partial charge in [0.15, 0.2) is 0 Å². The fourth-order valence-corrected chi connectivity index (χ4v) is 3.31. The number of amides is 2. The molecule has 1 fully saturated rings. The Morgan fingerprint density at radius 2 is 2.12 bits per heavy atom. The van der Waals surface area contributed by atoms with Crippen molar-refractivity contribution in [2.75, 3.05) is 27.2 Å². The van der Waals surface area contributed by atoms with Crippen molar-refractivity contribution in [1.29, 1.82) is 0 Å². The minimum Gasteiger partial charge on any atom is -0.350 e. The second-order valence-electron chi connectivity index (χ2n) is 6.67. The van der Waals surface area contributed by atoms with Gasteiger partial charge >= 0.3 is 0 Å². The number of carbonyl (C=O) groups is 2. The standard InChI is InChI=1S/C18H26FN3O2/c1-13(23)22-9-5-8-16(20-18(24)12-21(2)3)17(22)11-14-6-4-7-15(19)10-14/h4,6-7,10,16-17H,5,8-9,11-12H2,1-3H3,(H,20,24)/t16-,17-/m0/s1. The fraction of sp³-hybridized carbons (Fsp3) is 0.556. The van der Waals surface area contributed by atoms with Gasteiger partial charge in [-0.1, -0.05) is 12.1 Å². The largest absolute Gasteiger partial charge is 0.350 e. The van der Waals surface area contributed by atoms with E-state index in [-0.39, 0.29) is 29.7 Å². The van der Waals surface area contributed by atoms with E-state index in [1.165, 1.54) is 12.1 Å². The number of nitrogens with zero attached hydrogens (tertiary/aromatic N) is 2. The van der Waals surface area contributed by atoms with Crippen molar-refractivity contribution in [2.45, 2.75) is 38.3 Å². The average Bonchev–Trinajstić information content (AvgIpc) is 2.48. The molecule has 0 spiro atoms. The zero-order valence-corrected chi connectivity index (χ0v) is 14.6. The molecule has 1 aliphatic rings. The second kappa shape index (κ2) is 8.24. The van der Waals surface area contributed by atoms with Crippen LogP contribution < -0.4 is 5.32 Å². The SMILES string of the molecule is CC(=O)N1CCC[C@H](NC(=O)CN(C)C)[C@@H]1Cc1cccc(F)c1. The molecule has 6 heteroatoms. The summed E-state index contributed by atoms with van der Waals surface area (Å²) in [5, 5.41) is 3.05. The first-order valence-corrected chi connectivity index (χ1v) is 8.32. The molecule has 0 saturated carbocycles. The molecule has 2 rings (SSSR count). The first-order chi connectivity index (χ1) is 11.4. The molecule has 1 heterocycles. The van der Waals surface area contributed by atoms with E-state index in [0.717, 1.165) is 18.4 Å². The minimum absolute atomic E-state index is 0.0111. The van der Waals surface area contributed by atoms with Crippen LogP contribution in [0, 0.1) is 5.82 Å². The molecule has 0 radical (unpaired) electrons. The zero-order chi connectivity index (χ0) is 17.7. The van der Waals surface area contributed by atoms with Crippen molar-refractivity contribution < 1.29 is 14.0 Å². The van der Waals surface area contributed by atoms with Gasteiger partial charge in [0, 0.05) is 19.5 Å². The maximum absolute atomic E-state index is 13.5. The molecule has 1 aliphatic heterocycles. The Kier molecular flexibility index (Phi) is 6.31. The Morgan fingerprint density at radius 1 is 1.38 bits per heavy atom. The number of rotatable bonds is 5. The smallest absolute Gasteiger partial charge is 0.234 e. The van der Waals surface area contributed by atoms with E-state index in [1.807, 2.05) is 25.1 Å². The van der Waals surface area contributed by atoms with Gasteiger partial charge in [0.2, 0.25) is 11.8 Å². The Morgan fingerprint density at radius 3 is 2.75 bits per heavy atom. The molecule has 0 unspecified atom stereocenters. The van der Waals surface area contributed by atoms with Gasteiger partial charge in [-0.05, 0) is 51.1 Å². The second-order valence-corrected chi connectivity index (χ2v) is 6.67. The third kappa shape index (κ3) is 5.03. The van der Waals surface area contributed by atoms with Crippen LogP contribution in [0.2, 0.25) is 0 Å². The Labute approximate surface area is 142 Å². The third-order valence-corrected chi connectivity index (χ3v) is 4.32. The molecule has 0 bridgehead atoms. The Balaban J connectivity index is 2.16. The summed E-state index contributed by atoms with van der Waals surface area (Å²) in [6.07, 6.45) is 2.21. The minimum atomic E-state index is -0.286. The first-order valence-electron chi connectivity index (χ1n) is 8.32. The number of nitrogens with one attached hydrogen (secondary N) is 1.